The highest BCUT2D eigenvalue weighted by atomic mass is 16.6. The molecular weight excluding hydrogens is 152 g/mol. The molecule has 1 heterocycles. The molecule has 0 amide bonds. The summed E-state index contributed by atoms with van der Waals surface area (Å²) < 4.78 is 0. The zero-order valence-corrected chi connectivity index (χ0v) is 6.87. The van der Waals surface area contributed by atoms with Gasteiger partial charge in [0.1, 0.15) is 6.61 Å². The number of terminal acetylenes is 1. The number of nitrogens with zero attached hydrogens (tertiary/aromatic N) is 1. The third-order valence-electron chi connectivity index (χ3n) is 1.24. The van der Waals surface area contributed by atoms with Gasteiger partial charge in [-0.3, -0.25) is 15.3 Å². The van der Waals surface area contributed by atoms with Gasteiger partial charge >= 0.3 is 0 Å². The monoisotopic (exact) mass is 162 g/mol. The predicted molar refractivity (Wildman–Crippen MR) is 47.4 cm³/mol. The van der Waals surface area contributed by atoms with Crippen LogP contribution < -0.4 is 5.48 Å². The van der Waals surface area contributed by atoms with Gasteiger partial charge in [-0.25, -0.2) is 0 Å². The van der Waals surface area contributed by atoms with Crippen LogP contribution in [0.3, 0.4) is 0 Å². The van der Waals surface area contributed by atoms with Crippen LogP contribution in [0.1, 0.15) is 5.69 Å². The zero-order chi connectivity index (χ0) is 8.81. The quantitative estimate of drug-likeness (QED) is 0.414. The van der Waals surface area contributed by atoms with Gasteiger partial charge in [-0.2, -0.15) is 0 Å². The first kappa shape index (κ1) is 8.57. The number of pyridine rings is 1. The van der Waals surface area contributed by atoms with Gasteiger partial charge in [0.15, 0.2) is 0 Å². The number of rotatable bonds is 3. The predicted octanol–water partition coefficient (Wildman–Crippen LogP) is 1.37. The Hall–Kier alpha value is -1.53. The van der Waals surface area contributed by atoms with E-state index in [1.165, 1.54) is 0 Å². The highest BCUT2D eigenvalue weighted by Gasteiger charge is 1.90. The summed E-state index contributed by atoms with van der Waals surface area (Å²) in [5.74, 6) is 2.35. The van der Waals surface area contributed by atoms with Gasteiger partial charge in [-0.15, -0.1) is 6.42 Å². The van der Waals surface area contributed by atoms with Gasteiger partial charge in [0.05, 0.1) is 5.69 Å². The average Bonchev–Trinajstić information content (AvgIpc) is 2.05. The first-order valence-corrected chi connectivity index (χ1v) is 3.57. The Kier molecular flexibility index (Phi) is 3.12. The topological polar surface area (TPSA) is 34.1 Å². The Balaban J connectivity index is 2.48. The lowest BCUT2D eigenvalue weighted by Gasteiger charge is -2.03. The van der Waals surface area contributed by atoms with Gasteiger partial charge in [-0.05, 0) is 19.1 Å². The van der Waals surface area contributed by atoms with Crippen LogP contribution in [0.25, 0.3) is 0 Å². The molecule has 0 bridgehead atoms. The number of hydrogen-bond acceptors (Lipinski definition) is 3. The van der Waals surface area contributed by atoms with E-state index < -0.39 is 0 Å². The van der Waals surface area contributed by atoms with Crippen molar-refractivity contribution >= 4 is 5.69 Å². The summed E-state index contributed by atoms with van der Waals surface area (Å²) in [6.45, 7) is 2.16. The fourth-order valence-corrected chi connectivity index (χ4v) is 0.770. The summed E-state index contributed by atoms with van der Waals surface area (Å²) in [6, 6.07) is 3.68. The second-order valence-corrected chi connectivity index (χ2v) is 2.28. The minimum Gasteiger partial charge on any atom is -0.266 e. The molecule has 0 fully saturated rings. The fourth-order valence-electron chi connectivity index (χ4n) is 0.770. The Bertz CT molecular complexity index is 291. The second kappa shape index (κ2) is 4.37. The van der Waals surface area contributed by atoms with E-state index in [4.69, 9.17) is 11.3 Å². The molecule has 3 nitrogen and oxygen atoms in total. The summed E-state index contributed by atoms with van der Waals surface area (Å²) in [5, 5.41) is 0. The van der Waals surface area contributed by atoms with Crippen molar-refractivity contribution < 1.29 is 4.84 Å². The first-order chi connectivity index (χ1) is 5.83. The van der Waals surface area contributed by atoms with Crippen molar-refractivity contribution in [1.29, 1.82) is 0 Å². The molecule has 0 aliphatic carbocycles. The largest absolute Gasteiger partial charge is 0.266 e. The zero-order valence-electron chi connectivity index (χ0n) is 6.87. The van der Waals surface area contributed by atoms with Gasteiger partial charge < -0.3 is 0 Å². The van der Waals surface area contributed by atoms with Crippen LogP contribution in [0, 0.1) is 19.3 Å². The van der Waals surface area contributed by atoms with Crippen molar-refractivity contribution in [2.24, 2.45) is 0 Å². The Morgan fingerprint density at radius 1 is 1.75 bits per heavy atom. The molecule has 0 saturated heterocycles. The lowest BCUT2D eigenvalue weighted by atomic mass is 10.3. The average molecular weight is 162 g/mol. The normalized spacial score (nSPS) is 9.00. The number of aryl methyl sites for hydroxylation is 1. The first-order valence-electron chi connectivity index (χ1n) is 3.57. The molecule has 0 atom stereocenters. The Morgan fingerprint density at radius 2 is 2.58 bits per heavy atom. The van der Waals surface area contributed by atoms with Crippen LogP contribution in [0.5, 0.6) is 0 Å². The van der Waals surface area contributed by atoms with Crippen molar-refractivity contribution in [2.75, 3.05) is 12.1 Å². The SMILES string of the molecule is C#CCONc1ccnc(C)c1. The van der Waals surface area contributed by atoms with Crippen LogP contribution in [0.2, 0.25) is 0 Å². The summed E-state index contributed by atoms with van der Waals surface area (Å²) in [5.41, 5.74) is 4.50. The minimum atomic E-state index is 0.251. The van der Waals surface area contributed by atoms with E-state index in [1.54, 1.807) is 6.20 Å². The molecule has 1 N–H and O–H groups in total. The number of nitrogens with one attached hydrogen (secondary N) is 1. The van der Waals surface area contributed by atoms with Crippen LogP contribution in [0.15, 0.2) is 18.3 Å². The summed E-state index contributed by atoms with van der Waals surface area (Å²) >= 11 is 0. The van der Waals surface area contributed by atoms with Crippen molar-refractivity contribution in [3.8, 4) is 12.3 Å². The maximum atomic E-state index is 5.00. The van der Waals surface area contributed by atoms with E-state index in [-0.39, 0.29) is 6.61 Å². The lowest BCUT2D eigenvalue weighted by Crippen LogP contribution is -2.01. The van der Waals surface area contributed by atoms with E-state index >= 15 is 0 Å². The van der Waals surface area contributed by atoms with Crippen molar-refractivity contribution in [3.63, 3.8) is 0 Å². The fraction of sp³-hybridized carbons (Fsp3) is 0.222. The van der Waals surface area contributed by atoms with E-state index in [9.17, 15) is 0 Å². The number of aromatic nitrogens is 1. The van der Waals surface area contributed by atoms with E-state index in [1.807, 2.05) is 19.1 Å². The molecule has 0 spiro atoms. The van der Waals surface area contributed by atoms with Gasteiger partial charge in [0, 0.05) is 11.9 Å². The molecule has 0 aliphatic rings. The van der Waals surface area contributed by atoms with Gasteiger partial charge in [0.25, 0.3) is 0 Å². The van der Waals surface area contributed by atoms with E-state index in [2.05, 4.69) is 16.4 Å². The van der Waals surface area contributed by atoms with Crippen LogP contribution in [-0.4, -0.2) is 11.6 Å². The van der Waals surface area contributed by atoms with Gasteiger partial charge in [-0.1, -0.05) is 5.92 Å². The summed E-state index contributed by atoms with van der Waals surface area (Å²) in [4.78, 5) is 8.94. The number of hydrogen-bond donors (Lipinski definition) is 1. The van der Waals surface area contributed by atoms with Crippen molar-refractivity contribution in [1.82, 2.24) is 4.98 Å². The molecule has 0 saturated carbocycles. The summed E-state index contributed by atoms with van der Waals surface area (Å²) in [6.07, 6.45) is 6.70. The lowest BCUT2D eigenvalue weighted by molar-refractivity contribution is 0.234. The third kappa shape index (κ3) is 2.60. The maximum Gasteiger partial charge on any atom is 0.135 e. The van der Waals surface area contributed by atoms with Gasteiger partial charge in [0.2, 0.25) is 0 Å². The number of anilines is 1. The standard InChI is InChI=1S/C9H10N2O/c1-3-6-12-11-9-4-5-10-8(2)7-9/h1,4-5,7H,6H2,2H3,(H,10,11). The molecule has 12 heavy (non-hydrogen) atoms. The minimum absolute atomic E-state index is 0.251. The molecular formula is C9H10N2O. The van der Waals surface area contributed by atoms with E-state index in [0.717, 1.165) is 11.4 Å². The summed E-state index contributed by atoms with van der Waals surface area (Å²) in [7, 11) is 0. The van der Waals surface area contributed by atoms with Crippen molar-refractivity contribution in [3.05, 3.63) is 24.0 Å². The molecule has 0 unspecified atom stereocenters. The maximum absolute atomic E-state index is 5.00. The molecule has 62 valence electrons. The van der Waals surface area contributed by atoms with Crippen molar-refractivity contribution in [2.45, 2.75) is 6.92 Å². The molecule has 1 aromatic rings. The Labute approximate surface area is 71.7 Å². The molecule has 3 heteroatoms. The van der Waals surface area contributed by atoms with Crippen LogP contribution in [-0.2, 0) is 4.84 Å². The molecule has 0 aliphatic heterocycles. The van der Waals surface area contributed by atoms with Crippen LogP contribution >= 0.6 is 0 Å². The smallest absolute Gasteiger partial charge is 0.135 e. The third-order valence-corrected chi connectivity index (χ3v) is 1.24. The molecule has 1 rings (SSSR count). The molecule has 1 aromatic heterocycles. The van der Waals surface area contributed by atoms with Crippen LogP contribution in [0.4, 0.5) is 5.69 Å². The highest BCUT2D eigenvalue weighted by molar-refractivity contribution is 5.40. The second-order valence-electron chi connectivity index (χ2n) is 2.28. The Morgan fingerprint density at radius 3 is 3.25 bits per heavy atom. The molecule has 0 aromatic carbocycles. The molecule has 0 radical (unpaired) electrons. The van der Waals surface area contributed by atoms with E-state index in [0.29, 0.717) is 0 Å². The highest BCUT2D eigenvalue weighted by Crippen LogP contribution is 2.06.